The van der Waals surface area contributed by atoms with Gasteiger partial charge >= 0.3 is 6.03 Å². The molecule has 9 nitrogen and oxygen atoms in total. The van der Waals surface area contributed by atoms with Gasteiger partial charge in [-0.3, -0.25) is 0 Å². The Bertz CT molecular complexity index is 1100. The second-order valence-corrected chi connectivity index (χ2v) is 11.0. The topological polar surface area (TPSA) is 143 Å². The normalized spacial score (nSPS) is 24.9. The summed E-state index contributed by atoms with van der Waals surface area (Å²) < 4.78 is 5.66. The summed E-state index contributed by atoms with van der Waals surface area (Å²) in [5.74, 6) is 0.577. The van der Waals surface area contributed by atoms with E-state index >= 15 is 0 Å². The predicted octanol–water partition coefficient (Wildman–Crippen LogP) is 2.18. The zero-order chi connectivity index (χ0) is 28.1. The van der Waals surface area contributed by atoms with E-state index in [0.717, 1.165) is 48.2 Å². The number of aliphatic hydroxyl groups excluding tert-OH is 4. The highest BCUT2D eigenvalue weighted by atomic mass is 16.5. The van der Waals surface area contributed by atoms with Gasteiger partial charge in [-0.25, -0.2) is 4.79 Å². The van der Waals surface area contributed by atoms with E-state index in [4.69, 9.17) is 4.74 Å². The van der Waals surface area contributed by atoms with E-state index < -0.39 is 37.1 Å². The van der Waals surface area contributed by atoms with Crippen molar-refractivity contribution < 1.29 is 35.1 Å². The maximum Gasteiger partial charge on any atom is 0.317 e. The number of aryl methyl sites for hydroxylation is 1. The van der Waals surface area contributed by atoms with Crippen molar-refractivity contribution in [3.63, 3.8) is 0 Å². The van der Waals surface area contributed by atoms with Gasteiger partial charge in [0, 0.05) is 25.2 Å². The second-order valence-electron chi connectivity index (χ2n) is 11.0. The number of hydrogen-bond acceptors (Lipinski definition) is 7. The molecule has 2 aliphatic rings. The minimum absolute atomic E-state index is 0.0124. The molecule has 4 rings (SSSR count). The number of amides is 2. The van der Waals surface area contributed by atoms with Crippen LogP contribution in [-0.4, -0.2) is 87.1 Å². The molecule has 39 heavy (non-hydrogen) atoms. The number of ether oxygens (including phenoxy) is 1. The molecule has 0 aromatic heterocycles. The third-order valence-electron chi connectivity index (χ3n) is 7.75. The first-order chi connectivity index (χ1) is 18.7. The van der Waals surface area contributed by atoms with Crippen LogP contribution < -0.4 is 5.32 Å². The molecule has 6 N–H and O–H groups in total. The minimum atomic E-state index is -1.52. The lowest BCUT2D eigenvalue weighted by molar-refractivity contribution is -0.232. The Morgan fingerprint density at radius 1 is 1.05 bits per heavy atom. The summed E-state index contributed by atoms with van der Waals surface area (Å²) >= 11 is 0. The Morgan fingerprint density at radius 3 is 2.38 bits per heavy atom. The summed E-state index contributed by atoms with van der Waals surface area (Å²) in [4.78, 5) is 14.5. The molecule has 1 saturated carbocycles. The number of rotatable bonds is 11. The molecule has 2 amide bonds. The molecule has 1 heterocycles. The van der Waals surface area contributed by atoms with Crippen LogP contribution in [0.3, 0.4) is 0 Å². The number of hydrogen-bond donors (Lipinski definition) is 6. The first kappa shape index (κ1) is 29.3. The van der Waals surface area contributed by atoms with Crippen molar-refractivity contribution in [3.05, 3.63) is 64.2 Å². The van der Waals surface area contributed by atoms with Crippen molar-refractivity contribution in [1.29, 1.82) is 0 Å². The standard InChI is InChI=1S/C30H42N2O7/c1-3-12-32(16-21-8-9-21)30(38)31-11-10-19-4-6-20(7-5-19)14-22-15-23(24(34)13-18(22)2)29-28(37)27(36)26(35)25(17-33)39-29/h4-7,13,15,21,25-29,33-37H,3,8-12,14,16-17H2,1-2H3,(H,31,38)/t25-,26-,27+,28-,29+/m1/s1. The van der Waals surface area contributed by atoms with Crippen molar-refractivity contribution in [2.75, 3.05) is 26.2 Å². The number of nitrogens with zero attached hydrogens (tertiary/aromatic N) is 1. The van der Waals surface area contributed by atoms with Gasteiger partial charge in [0.2, 0.25) is 0 Å². The first-order valence-electron chi connectivity index (χ1n) is 13.9. The van der Waals surface area contributed by atoms with E-state index in [-0.39, 0.29) is 11.8 Å². The van der Waals surface area contributed by atoms with Crippen molar-refractivity contribution >= 4 is 6.03 Å². The maximum atomic E-state index is 12.6. The number of aliphatic hydroxyl groups is 4. The Morgan fingerprint density at radius 2 is 1.74 bits per heavy atom. The van der Waals surface area contributed by atoms with Gasteiger partial charge in [0.1, 0.15) is 36.3 Å². The van der Waals surface area contributed by atoms with Gasteiger partial charge in [0.15, 0.2) is 0 Å². The number of urea groups is 1. The molecule has 214 valence electrons. The quantitative estimate of drug-likeness (QED) is 0.256. The van der Waals surface area contributed by atoms with Gasteiger partial charge < -0.3 is 40.5 Å². The molecule has 2 aromatic rings. The molecule has 0 unspecified atom stereocenters. The first-order valence-corrected chi connectivity index (χ1v) is 13.9. The number of phenols is 1. The molecule has 1 saturated heterocycles. The van der Waals surface area contributed by atoms with E-state index in [9.17, 15) is 30.3 Å². The fourth-order valence-corrected chi connectivity index (χ4v) is 5.16. The van der Waals surface area contributed by atoms with Gasteiger partial charge in [0.05, 0.1) is 6.61 Å². The van der Waals surface area contributed by atoms with Crippen LogP contribution in [0.4, 0.5) is 4.79 Å². The molecule has 1 aliphatic carbocycles. The van der Waals surface area contributed by atoms with Gasteiger partial charge in [-0.2, -0.15) is 0 Å². The van der Waals surface area contributed by atoms with E-state index in [0.29, 0.717) is 24.4 Å². The molecule has 0 bridgehead atoms. The molecule has 0 spiro atoms. The van der Waals surface area contributed by atoms with E-state index in [2.05, 4.69) is 12.2 Å². The highest BCUT2D eigenvalue weighted by Gasteiger charge is 2.44. The summed E-state index contributed by atoms with van der Waals surface area (Å²) in [5, 5.41) is 54.0. The summed E-state index contributed by atoms with van der Waals surface area (Å²) in [7, 11) is 0. The van der Waals surface area contributed by atoms with Gasteiger partial charge in [-0.1, -0.05) is 31.2 Å². The number of carbonyl (C=O) groups excluding carboxylic acids is 1. The van der Waals surface area contributed by atoms with Crippen LogP contribution in [0.25, 0.3) is 0 Å². The fourth-order valence-electron chi connectivity index (χ4n) is 5.16. The maximum absolute atomic E-state index is 12.6. The van der Waals surface area contributed by atoms with Crippen molar-refractivity contribution in [3.8, 4) is 5.75 Å². The average Bonchev–Trinajstić information content (AvgIpc) is 3.74. The van der Waals surface area contributed by atoms with Crippen LogP contribution >= 0.6 is 0 Å². The molecule has 1 aliphatic heterocycles. The summed E-state index contributed by atoms with van der Waals surface area (Å²) in [6.45, 7) is 5.64. The molecule has 2 fully saturated rings. The minimum Gasteiger partial charge on any atom is -0.508 e. The van der Waals surface area contributed by atoms with Crippen LogP contribution in [-0.2, 0) is 17.6 Å². The number of nitrogens with one attached hydrogen (secondary N) is 1. The van der Waals surface area contributed by atoms with Crippen LogP contribution in [0.1, 0.15) is 60.1 Å². The Kier molecular flexibility index (Phi) is 9.85. The Hall–Kier alpha value is -2.69. The van der Waals surface area contributed by atoms with Crippen LogP contribution in [0.15, 0.2) is 36.4 Å². The van der Waals surface area contributed by atoms with Crippen molar-refractivity contribution in [2.45, 2.75) is 76.5 Å². The zero-order valence-electron chi connectivity index (χ0n) is 22.8. The SMILES string of the molecule is CCCN(CC1CC1)C(=O)NCCc1ccc(Cc2cc([C@@H]3O[C@H](CO)[C@@H](O)[C@H](O)[C@H]3O)c(O)cc2C)cc1. The Labute approximate surface area is 230 Å². The summed E-state index contributed by atoms with van der Waals surface area (Å²) in [5.41, 5.74) is 4.23. The molecular weight excluding hydrogens is 500 g/mol. The van der Waals surface area contributed by atoms with Gasteiger partial charge in [0.25, 0.3) is 0 Å². The monoisotopic (exact) mass is 542 g/mol. The number of benzene rings is 2. The fraction of sp³-hybridized carbons (Fsp3) is 0.567. The van der Waals surface area contributed by atoms with Crippen molar-refractivity contribution in [1.82, 2.24) is 10.2 Å². The zero-order valence-corrected chi connectivity index (χ0v) is 22.8. The molecular formula is C30H42N2O7. The van der Waals surface area contributed by atoms with E-state index in [1.165, 1.54) is 12.8 Å². The molecule has 0 radical (unpaired) electrons. The predicted molar refractivity (Wildman–Crippen MR) is 147 cm³/mol. The lowest BCUT2D eigenvalue weighted by atomic mass is 9.88. The van der Waals surface area contributed by atoms with Crippen LogP contribution in [0.5, 0.6) is 5.75 Å². The summed E-state index contributed by atoms with van der Waals surface area (Å²) in [6, 6.07) is 11.5. The third kappa shape index (κ3) is 7.29. The van der Waals surface area contributed by atoms with Gasteiger partial charge in [-0.05, 0) is 79.3 Å². The summed E-state index contributed by atoms with van der Waals surface area (Å²) in [6.07, 6.45) is -1.91. The van der Waals surface area contributed by atoms with Crippen LogP contribution in [0.2, 0.25) is 0 Å². The van der Waals surface area contributed by atoms with Gasteiger partial charge in [-0.15, -0.1) is 0 Å². The molecule has 5 atom stereocenters. The highest BCUT2D eigenvalue weighted by Crippen LogP contribution is 2.38. The number of carbonyl (C=O) groups is 1. The smallest absolute Gasteiger partial charge is 0.317 e. The lowest BCUT2D eigenvalue weighted by Crippen LogP contribution is -2.55. The third-order valence-corrected chi connectivity index (χ3v) is 7.75. The second kappa shape index (κ2) is 13.1. The number of aromatic hydroxyl groups is 1. The molecule has 2 aromatic carbocycles. The largest absolute Gasteiger partial charge is 0.508 e. The van der Waals surface area contributed by atoms with E-state index in [1.54, 1.807) is 12.1 Å². The Balaban J connectivity index is 1.37. The highest BCUT2D eigenvalue weighted by molar-refractivity contribution is 5.74. The number of phenolic OH excluding ortho intramolecular Hbond substituents is 1. The molecule has 9 heteroatoms. The lowest BCUT2D eigenvalue weighted by Gasteiger charge is -2.40. The average molecular weight is 543 g/mol. The van der Waals surface area contributed by atoms with Crippen LogP contribution in [0, 0.1) is 12.8 Å². The van der Waals surface area contributed by atoms with E-state index in [1.807, 2.05) is 36.1 Å². The van der Waals surface area contributed by atoms with Crippen molar-refractivity contribution in [2.24, 2.45) is 5.92 Å².